The second-order valence-electron chi connectivity index (χ2n) is 8.09. The minimum atomic E-state index is -0.386. The number of nitrogens with one attached hydrogen (secondary N) is 1. The van der Waals surface area contributed by atoms with Crippen LogP contribution in [0.1, 0.15) is 12.0 Å². The van der Waals surface area contributed by atoms with Crippen LogP contribution in [0.5, 0.6) is 11.5 Å². The molecule has 1 N–H and O–H groups in total. The zero-order valence-corrected chi connectivity index (χ0v) is 18.0. The van der Waals surface area contributed by atoms with Crippen LogP contribution in [0.15, 0.2) is 46.0 Å². The van der Waals surface area contributed by atoms with Crippen LogP contribution >= 0.6 is 0 Å². The molecule has 0 spiro atoms. The first kappa shape index (κ1) is 20.6. The second-order valence-corrected chi connectivity index (χ2v) is 8.09. The van der Waals surface area contributed by atoms with Crippen molar-refractivity contribution >= 4 is 16.6 Å². The fraction of sp³-hybridized carbons (Fsp3) is 0.391. The topological polar surface area (TPSA) is 89.0 Å². The van der Waals surface area contributed by atoms with Gasteiger partial charge in [-0.2, -0.15) is 4.89 Å². The van der Waals surface area contributed by atoms with Crippen molar-refractivity contribution < 1.29 is 14.5 Å². The SMILES string of the molecule is COc1ccccc1N1CCN(CCCn2c(=O)[nH]c3cc4c(cc3c2=O)OOC4)CC1. The molecule has 0 unspecified atom stereocenters. The molecule has 2 aliphatic heterocycles. The average Bonchev–Trinajstić information content (AvgIpc) is 3.28. The van der Waals surface area contributed by atoms with Gasteiger partial charge in [-0.05, 0) is 37.2 Å². The highest BCUT2D eigenvalue weighted by Gasteiger charge is 2.20. The summed E-state index contributed by atoms with van der Waals surface area (Å²) in [7, 11) is 1.69. The number of anilines is 1. The normalized spacial score (nSPS) is 16.2. The lowest BCUT2D eigenvalue weighted by Gasteiger charge is -2.36. The second kappa shape index (κ2) is 8.68. The van der Waals surface area contributed by atoms with Crippen LogP contribution in [0, 0.1) is 0 Å². The summed E-state index contributed by atoms with van der Waals surface area (Å²) in [6, 6.07) is 11.4. The number of aromatic nitrogens is 2. The van der Waals surface area contributed by atoms with E-state index in [1.165, 1.54) is 4.57 Å². The highest BCUT2D eigenvalue weighted by Crippen LogP contribution is 2.29. The van der Waals surface area contributed by atoms with Gasteiger partial charge in [-0.3, -0.25) is 14.3 Å². The largest absolute Gasteiger partial charge is 0.495 e. The van der Waals surface area contributed by atoms with Crippen molar-refractivity contribution in [1.82, 2.24) is 14.5 Å². The van der Waals surface area contributed by atoms with Crippen molar-refractivity contribution in [3.8, 4) is 11.5 Å². The Balaban J connectivity index is 1.21. The van der Waals surface area contributed by atoms with Gasteiger partial charge in [0.2, 0.25) is 0 Å². The minimum Gasteiger partial charge on any atom is -0.495 e. The highest BCUT2D eigenvalue weighted by molar-refractivity contribution is 5.80. The van der Waals surface area contributed by atoms with Crippen molar-refractivity contribution in [3.63, 3.8) is 0 Å². The van der Waals surface area contributed by atoms with E-state index in [0.29, 0.717) is 36.2 Å². The van der Waals surface area contributed by atoms with Gasteiger partial charge in [0.15, 0.2) is 5.75 Å². The quantitative estimate of drug-likeness (QED) is 0.587. The molecule has 1 aromatic heterocycles. The van der Waals surface area contributed by atoms with Gasteiger partial charge in [0, 0.05) is 38.3 Å². The lowest BCUT2D eigenvalue weighted by Crippen LogP contribution is -2.47. The van der Waals surface area contributed by atoms with Gasteiger partial charge in [0.25, 0.3) is 5.56 Å². The predicted octanol–water partition coefficient (Wildman–Crippen LogP) is 1.73. The Morgan fingerprint density at radius 1 is 1.06 bits per heavy atom. The maximum atomic E-state index is 12.9. The Labute approximate surface area is 184 Å². The summed E-state index contributed by atoms with van der Waals surface area (Å²) in [5, 5.41) is 0.430. The summed E-state index contributed by atoms with van der Waals surface area (Å²) in [6.07, 6.45) is 0.716. The molecule has 9 nitrogen and oxygen atoms in total. The summed E-state index contributed by atoms with van der Waals surface area (Å²) < 4.78 is 6.76. The third kappa shape index (κ3) is 3.85. The van der Waals surface area contributed by atoms with Gasteiger partial charge < -0.3 is 19.5 Å². The monoisotopic (exact) mass is 438 g/mol. The molecule has 5 rings (SSSR count). The van der Waals surface area contributed by atoms with E-state index >= 15 is 0 Å². The maximum Gasteiger partial charge on any atom is 0.328 e. The fourth-order valence-corrected chi connectivity index (χ4v) is 4.43. The number of benzene rings is 2. The molecule has 168 valence electrons. The number of H-pyrrole nitrogens is 1. The van der Waals surface area contributed by atoms with Gasteiger partial charge in [-0.1, -0.05) is 12.1 Å². The fourth-order valence-electron chi connectivity index (χ4n) is 4.43. The molecule has 1 saturated heterocycles. The van der Waals surface area contributed by atoms with Crippen LogP contribution in [-0.4, -0.2) is 54.3 Å². The molecular formula is C23H26N4O5. The van der Waals surface area contributed by atoms with Crippen molar-refractivity contribution in [1.29, 1.82) is 0 Å². The van der Waals surface area contributed by atoms with Crippen molar-refractivity contribution in [2.75, 3.05) is 44.7 Å². The molecule has 0 radical (unpaired) electrons. The molecule has 0 atom stereocenters. The van der Waals surface area contributed by atoms with Gasteiger partial charge in [-0.15, -0.1) is 0 Å². The van der Waals surface area contributed by atoms with Crippen molar-refractivity contribution in [3.05, 3.63) is 62.8 Å². The van der Waals surface area contributed by atoms with Crippen LogP contribution < -0.4 is 25.8 Å². The van der Waals surface area contributed by atoms with Crippen LogP contribution in [0.3, 0.4) is 0 Å². The van der Waals surface area contributed by atoms with Gasteiger partial charge in [0.1, 0.15) is 12.4 Å². The standard InChI is InChI=1S/C23H26N4O5/c1-30-20-6-3-2-5-19(20)26-11-9-25(10-12-26)7-4-8-27-22(28)17-14-21-16(15-31-32-21)13-18(17)24-23(27)29/h2-3,5-6,13-14H,4,7-12,15H2,1H3,(H,24,29). The van der Waals surface area contributed by atoms with Crippen LogP contribution in [-0.2, 0) is 18.0 Å². The van der Waals surface area contributed by atoms with E-state index in [1.54, 1.807) is 19.2 Å². The first-order valence-corrected chi connectivity index (χ1v) is 10.8. The Kier molecular flexibility index (Phi) is 5.59. The van der Waals surface area contributed by atoms with Gasteiger partial charge in [-0.25, -0.2) is 4.79 Å². The number of piperazine rings is 1. The van der Waals surface area contributed by atoms with Gasteiger partial charge >= 0.3 is 5.69 Å². The van der Waals surface area contributed by atoms with Crippen LogP contribution in [0.2, 0.25) is 0 Å². The number of nitrogens with zero attached hydrogens (tertiary/aromatic N) is 3. The first-order chi connectivity index (χ1) is 15.6. The Morgan fingerprint density at radius 2 is 1.88 bits per heavy atom. The van der Waals surface area contributed by atoms with Gasteiger partial charge in [0.05, 0.1) is 23.7 Å². The molecule has 3 aromatic rings. The van der Waals surface area contributed by atoms with E-state index in [4.69, 9.17) is 14.5 Å². The Morgan fingerprint density at radius 3 is 2.69 bits per heavy atom. The smallest absolute Gasteiger partial charge is 0.328 e. The highest BCUT2D eigenvalue weighted by atomic mass is 17.2. The van der Waals surface area contributed by atoms with Crippen LogP contribution in [0.4, 0.5) is 5.69 Å². The minimum absolute atomic E-state index is 0.303. The summed E-state index contributed by atoms with van der Waals surface area (Å²) in [5.41, 5.74) is 1.75. The molecule has 1 fully saturated rings. The summed E-state index contributed by atoms with van der Waals surface area (Å²) >= 11 is 0. The van der Waals surface area contributed by atoms with E-state index in [2.05, 4.69) is 20.9 Å². The third-order valence-corrected chi connectivity index (χ3v) is 6.18. The van der Waals surface area contributed by atoms with E-state index in [0.717, 1.165) is 49.7 Å². The molecule has 0 amide bonds. The number of fused-ring (bicyclic) bond motifs is 2. The zero-order chi connectivity index (χ0) is 22.1. The Bertz CT molecular complexity index is 1240. The Hall–Kier alpha value is -3.30. The van der Waals surface area contributed by atoms with E-state index in [-0.39, 0.29) is 11.2 Å². The summed E-state index contributed by atoms with van der Waals surface area (Å²) in [4.78, 5) is 43.0. The number of methoxy groups -OCH3 is 1. The molecule has 0 bridgehead atoms. The molecule has 0 aliphatic carbocycles. The molecule has 2 aliphatic rings. The number of para-hydroxylation sites is 2. The molecule has 32 heavy (non-hydrogen) atoms. The molecule has 3 heterocycles. The van der Waals surface area contributed by atoms with Crippen molar-refractivity contribution in [2.24, 2.45) is 0 Å². The lowest BCUT2D eigenvalue weighted by molar-refractivity contribution is -0.194. The van der Waals surface area contributed by atoms with E-state index in [1.807, 2.05) is 18.2 Å². The number of aromatic amines is 1. The number of hydrogen-bond donors (Lipinski definition) is 1. The summed E-state index contributed by atoms with van der Waals surface area (Å²) in [5.74, 6) is 1.42. The van der Waals surface area contributed by atoms with Crippen LogP contribution in [0.25, 0.3) is 10.9 Å². The first-order valence-electron chi connectivity index (χ1n) is 10.8. The number of hydrogen-bond acceptors (Lipinski definition) is 7. The maximum absolute atomic E-state index is 12.9. The van der Waals surface area contributed by atoms with E-state index in [9.17, 15) is 9.59 Å². The number of rotatable bonds is 6. The summed E-state index contributed by atoms with van der Waals surface area (Å²) in [6.45, 7) is 5.15. The molecule has 9 heteroatoms. The van der Waals surface area contributed by atoms with E-state index < -0.39 is 0 Å². The number of ether oxygens (including phenoxy) is 1. The average molecular weight is 438 g/mol. The molecular weight excluding hydrogens is 412 g/mol. The predicted molar refractivity (Wildman–Crippen MR) is 121 cm³/mol. The third-order valence-electron chi connectivity index (χ3n) is 6.18. The van der Waals surface area contributed by atoms with Crippen molar-refractivity contribution in [2.45, 2.75) is 19.6 Å². The molecule has 2 aromatic carbocycles. The lowest BCUT2D eigenvalue weighted by atomic mass is 10.1. The zero-order valence-electron chi connectivity index (χ0n) is 18.0. The molecule has 0 saturated carbocycles.